The van der Waals surface area contributed by atoms with Crippen LogP contribution in [0, 0.1) is 58.2 Å². The summed E-state index contributed by atoms with van der Waals surface area (Å²) < 4.78 is 138. The molecule has 0 radical (unpaired) electrons. The zero-order chi connectivity index (χ0) is 21.8. The van der Waals surface area contributed by atoms with Crippen molar-refractivity contribution in [3.63, 3.8) is 0 Å². The van der Waals surface area contributed by atoms with E-state index in [2.05, 4.69) is 12.6 Å². The second-order valence-electron chi connectivity index (χ2n) is 5.59. The van der Waals surface area contributed by atoms with Crippen LogP contribution < -0.4 is 0 Å². The molecule has 0 saturated carbocycles. The molecule has 0 saturated heterocycles. The zero-order valence-corrected chi connectivity index (χ0v) is 14.4. The van der Waals surface area contributed by atoms with Crippen molar-refractivity contribution in [2.45, 2.75) is 4.90 Å². The minimum atomic E-state index is -2.50. The Hall–Kier alpha value is -2.69. The van der Waals surface area contributed by atoms with Crippen molar-refractivity contribution >= 4 is 12.6 Å². The average molecular weight is 442 g/mol. The molecule has 3 aromatic rings. The second kappa shape index (κ2) is 7.29. The van der Waals surface area contributed by atoms with E-state index in [0.717, 1.165) is 12.1 Å². The predicted molar refractivity (Wildman–Crippen MR) is 84.1 cm³/mol. The molecule has 0 aliphatic rings. The van der Waals surface area contributed by atoms with Crippen LogP contribution in [0.15, 0.2) is 23.1 Å². The molecule has 0 unspecified atom stereocenters. The van der Waals surface area contributed by atoms with Crippen molar-refractivity contribution in [2.75, 3.05) is 0 Å². The van der Waals surface area contributed by atoms with Gasteiger partial charge in [-0.2, -0.15) is 0 Å². The first-order valence-electron chi connectivity index (χ1n) is 7.36. The lowest BCUT2D eigenvalue weighted by Crippen LogP contribution is -2.08. The number of rotatable bonds is 2. The maximum Gasteiger partial charge on any atom is 0.200 e. The lowest BCUT2D eigenvalue weighted by atomic mass is 9.92. The van der Waals surface area contributed by atoms with Crippen molar-refractivity contribution in [3.05, 3.63) is 76.4 Å². The summed E-state index contributed by atoms with van der Waals surface area (Å²) in [5.41, 5.74) is -5.37. The Bertz CT molecular complexity index is 1110. The largest absolute Gasteiger partial charge is 0.203 e. The number of thiol groups is 1. The van der Waals surface area contributed by atoms with E-state index in [1.165, 1.54) is 0 Å². The third-order valence-electron chi connectivity index (χ3n) is 3.98. The van der Waals surface area contributed by atoms with Crippen LogP contribution in [0.25, 0.3) is 22.3 Å². The van der Waals surface area contributed by atoms with Gasteiger partial charge in [-0.1, -0.05) is 12.1 Å². The molecule has 0 aromatic heterocycles. The lowest BCUT2D eigenvalue weighted by Gasteiger charge is -2.17. The van der Waals surface area contributed by atoms with E-state index in [4.69, 9.17) is 0 Å². The zero-order valence-electron chi connectivity index (χ0n) is 13.5. The Morgan fingerprint density at radius 2 is 0.759 bits per heavy atom. The maximum atomic E-state index is 14.2. The molecule has 29 heavy (non-hydrogen) atoms. The van der Waals surface area contributed by atoms with Gasteiger partial charge in [-0.15, -0.1) is 12.6 Å². The summed E-state index contributed by atoms with van der Waals surface area (Å²) in [6, 6.07) is 2.59. The molecule has 3 aromatic carbocycles. The highest BCUT2D eigenvalue weighted by molar-refractivity contribution is 7.80. The van der Waals surface area contributed by atoms with Gasteiger partial charge in [0.25, 0.3) is 0 Å². The van der Waals surface area contributed by atoms with Crippen LogP contribution >= 0.6 is 12.6 Å². The van der Waals surface area contributed by atoms with Gasteiger partial charge in [-0.05, 0) is 11.6 Å². The summed E-state index contributed by atoms with van der Waals surface area (Å²) in [4.78, 5) is -0.561. The molecule has 11 heteroatoms. The highest BCUT2D eigenvalue weighted by Crippen LogP contribution is 2.43. The van der Waals surface area contributed by atoms with Crippen molar-refractivity contribution in [1.29, 1.82) is 0 Å². The fraction of sp³-hybridized carbons (Fsp3) is 0. The van der Waals surface area contributed by atoms with Gasteiger partial charge in [-0.25, -0.2) is 43.9 Å². The normalized spacial score (nSPS) is 11.3. The van der Waals surface area contributed by atoms with Crippen LogP contribution in [0.2, 0.25) is 0 Å². The highest BCUT2D eigenvalue weighted by atomic mass is 32.1. The summed E-state index contributed by atoms with van der Waals surface area (Å²) in [6.45, 7) is 0. The third-order valence-corrected chi connectivity index (χ3v) is 4.35. The smallest absolute Gasteiger partial charge is 0.200 e. The van der Waals surface area contributed by atoms with Gasteiger partial charge < -0.3 is 0 Å². The second-order valence-corrected chi connectivity index (χ2v) is 6.07. The van der Waals surface area contributed by atoms with Crippen molar-refractivity contribution < 1.29 is 43.9 Å². The van der Waals surface area contributed by atoms with Gasteiger partial charge in [0.05, 0.1) is 11.1 Å². The fourth-order valence-corrected chi connectivity index (χ4v) is 3.00. The first-order chi connectivity index (χ1) is 13.5. The molecule has 0 heterocycles. The third kappa shape index (κ3) is 3.04. The molecule has 152 valence electrons. The molecule has 0 spiro atoms. The predicted octanol–water partition coefficient (Wildman–Crippen LogP) is 6.70. The van der Waals surface area contributed by atoms with Gasteiger partial charge in [0.15, 0.2) is 46.5 Å². The van der Waals surface area contributed by atoms with E-state index < -0.39 is 85.3 Å². The Kier molecular flexibility index (Phi) is 5.28. The van der Waals surface area contributed by atoms with E-state index in [1.54, 1.807) is 0 Å². The van der Waals surface area contributed by atoms with Crippen LogP contribution in [-0.4, -0.2) is 0 Å². The molecule has 0 aliphatic heterocycles. The van der Waals surface area contributed by atoms with Crippen LogP contribution in [0.5, 0.6) is 0 Å². The van der Waals surface area contributed by atoms with Gasteiger partial charge in [0.1, 0.15) is 0 Å². The Morgan fingerprint density at radius 3 is 1.17 bits per heavy atom. The van der Waals surface area contributed by atoms with Crippen LogP contribution in [-0.2, 0) is 0 Å². The van der Waals surface area contributed by atoms with E-state index in [-0.39, 0.29) is 0 Å². The molecule has 3 rings (SSSR count). The minimum absolute atomic E-state index is 0.561. The molecule has 0 fully saturated rings. The topological polar surface area (TPSA) is 0 Å². The van der Waals surface area contributed by atoms with Crippen molar-refractivity contribution in [2.24, 2.45) is 0 Å². The number of hydrogen-bond acceptors (Lipinski definition) is 1. The van der Waals surface area contributed by atoms with E-state index >= 15 is 0 Å². The van der Waals surface area contributed by atoms with Gasteiger partial charge in [0, 0.05) is 10.5 Å². The summed E-state index contributed by atoms with van der Waals surface area (Å²) in [7, 11) is 0. The standard InChI is InChI=1S/C18H4F10S/c19-9-7(10(20)14(24)17(27)13(9)23)4-2-1-3-5(29)6(4)8-11(21)15(25)18(28)16(26)12(8)22/h1-3,29H. The molecule has 0 bridgehead atoms. The molecule has 0 aliphatic carbocycles. The Morgan fingerprint density at radius 1 is 0.414 bits per heavy atom. The number of hydrogen-bond donors (Lipinski definition) is 1. The van der Waals surface area contributed by atoms with E-state index in [1.807, 2.05) is 0 Å². The van der Waals surface area contributed by atoms with Gasteiger partial charge in [0.2, 0.25) is 11.6 Å². The lowest BCUT2D eigenvalue weighted by molar-refractivity contribution is 0.380. The van der Waals surface area contributed by atoms with Crippen molar-refractivity contribution in [1.82, 2.24) is 0 Å². The molecule has 0 N–H and O–H groups in total. The summed E-state index contributed by atoms with van der Waals surface area (Å²) in [5, 5.41) is 0. The molecule has 0 nitrogen and oxygen atoms in total. The van der Waals surface area contributed by atoms with E-state index in [0.29, 0.717) is 6.07 Å². The average Bonchev–Trinajstić information content (AvgIpc) is 2.69. The number of halogens is 10. The summed E-state index contributed by atoms with van der Waals surface area (Å²) in [5.74, 6) is -24.0. The first kappa shape index (κ1) is 21.0. The highest BCUT2D eigenvalue weighted by Gasteiger charge is 2.32. The first-order valence-corrected chi connectivity index (χ1v) is 7.80. The van der Waals surface area contributed by atoms with Crippen molar-refractivity contribution in [3.8, 4) is 22.3 Å². The van der Waals surface area contributed by atoms with Gasteiger partial charge >= 0.3 is 0 Å². The number of benzene rings is 3. The molecular weight excluding hydrogens is 438 g/mol. The molecular formula is C18H4F10S. The minimum Gasteiger partial charge on any atom is -0.203 e. The van der Waals surface area contributed by atoms with Crippen LogP contribution in [0.1, 0.15) is 0 Å². The van der Waals surface area contributed by atoms with Gasteiger partial charge in [-0.3, -0.25) is 0 Å². The summed E-state index contributed by atoms with van der Waals surface area (Å²) in [6.07, 6.45) is 0. The Labute approximate surface area is 160 Å². The fourth-order valence-electron chi connectivity index (χ4n) is 2.68. The summed E-state index contributed by atoms with van der Waals surface area (Å²) >= 11 is 3.78. The quantitative estimate of drug-likeness (QED) is 0.194. The van der Waals surface area contributed by atoms with E-state index in [9.17, 15) is 43.9 Å². The maximum absolute atomic E-state index is 14.2. The van der Waals surface area contributed by atoms with Crippen LogP contribution in [0.4, 0.5) is 43.9 Å². The SMILES string of the molecule is Fc1c(F)c(F)c(-c2cccc(S)c2-c2c(F)c(F)c(F)c(F)c2F)c(F)c1F. The Balaban J connectivity index is 2.52. The molecule has 0 amide bonds. The monoisotopic (exact) mass is 442 g/mol. The van der Waals surface area contributed by atoms with Crippen LogP contribution in [0.3, 0.4) is 0 Å². The molecule has 0 atom stereocenters.